The predicted octanol–water partition coefficient (Wildman–Crippen LogP) is 2.64. The van der Waals surface area contributed by atoms with Crippen LogP contribution in [-0.4, -0.2) is 29.7 Å². The van der Waals surface area contributed by atoms with Crippen molar-refractivity contribution in [1.82, 2.24) is 5.32 Å². The van der Waals surface area contributed by atoms with Gasteiger partial charge in [0.25, 0.3) is 0 Å². The summed E-state index contributed by atoms with van der Waals surface area (Å²) in [6, 6.07) is 8.67. The zero-order valence-electron chi connectivity index (χ0n) is 11.6. The Morgan fingerprint density at radius 3 is 2.60 bits per heavy atom. The van der Waals surface area contributed by atoms with Gasteiger partial charge in [0.15, 0.2) is 0 Å². The minimum absolute atomic E-state index is 0.0453. The molecule has 0 saturated carbocycles. The fourth-order valence-electron chi connectivity index (χ4n) is 1.76. The van der Waals surface area contributed by atoms with E-state index in [0.29, 0.717) is 12.1 Å². The van der Waals surface area contributed by atoms with Crippen LogP contribution in [0.2, 0.25) is 0 Å². The zero-order chi connectivity index (χ0) is 15.0. The number of urea groups is 1. The Balaban J connectivity index is 2.79. The van der Waals surface area contributed by atoms with Gasteiger partial charge in [-0.3, -0.25) is 9.69 Å². The number of carboxylic acid groups (broad SMARTS) is 1. The molecule has 5 nitrogen and oxygen atoms in total. The summed E-state index contributed by atoms with van der Waals surface area (Å²) in [5.74, 6) is -0.933. The topological polar surface area (TPSA) is 69.6 Å². The molecule has 2 N–H and O–H groups in total. The van der Waals surface area contributed by atoms with Crippen molar-refractivity contribution in [3.8, 4) is 0 Å². The molecule has 2 amide bonds. The molecule has 0 spiro atoms. The van der Waals surface area contributed by atoms with Gasteiger partial charge in [-0.25, -0.2) is 4.79 Å². The molecule has 0 aromatic heterocycles. The van der Waals surface area contributed by atoms with Crippen molar-refractivity contribution in [2.45, 2.75) is 25.8 Å². The lowest BCUT2D eigenvalue weighted by atomic mass is 10.2. The number of rotatable bonds is 7. The van der Waals surface area contributed by atoms with E-state index in [0.717, 1.165) is 0 Å². The second kappa shape index (κ2) is 7.99. The number of benzene rings is 1. The summed E-state index contributed by atoms with van der Waals surface area (Å²) in [6.07, 6.45) is 2.29. The number of hydrogen-bond donors (Lipinski definition) is 2. The van der Waals surface area contributed by atoms with E-state index in [1.165, 1.54) is 4.90 Å². The number of carbonyl (C=O) groups excluding carboxylic acids is 1. The van der Waals surface area contributed by atoms with Gasteiger partial charge in [0.2, 0.25) is 0 Å². The summed E-state index contributed by atoms with van der Waals surface area (Å²) < 4.78 is 0. The number of anilines is 1. The molecule has 0 bridgehead atoms. The number of para-hydroxylation sites is 1. The normalized spacial score (nSPS) is 11.4. The summed E-state index contributed by atoms with van der Waals surface area (Å²) in [5, 5.41) is 11.6. The highest BCUT2D eigenvalue weighted by atomic mass is 16.4. The monoisotopic (exact) mass is 276 g/mol. The van der Waals surface area contributed by atoms with Crippen LogP contribution in [0.4, 0.5) is 10.5 Å². The minimum atomic E-state index is -0.933. The van der Waals surface area contributed by atoms with Gasteiger partial charge in [-0.05, 0) is 25.5 Å². The first-order chi connectivity index (χ1) is 9.54. The first-order valence-electron chi connectivity index (χ1n) is 6.50. The number of nitrogens with one attached hydrogen (secondary N) is 1. The molecule has 0 aliphatic heterocycles. The number of hydrogen-bond acceptors (Lipinski definition) is 2. The van der Waals surface area contributed by atoms with Crippen LogP contribution in [0.5, 0.6) is 0 Å². The second-order valence-electron chi connectivity index (χ2n) is 4.51. The third-order valence-electron chi connectivity index (χ3n) is 2.75. The maximum absolute atomic E-state index is 12.2. The molecule has 0 radical (unpaired) electrons. The van der Waals surface area contributed by atoms with Crippen molar-refractivity contribution in [3.63, 3.8) is 0 Å². The smallest absolute Gasteiger partial charge is 0.322 e. The largest absolute Gasteiger partial charge is 0.481 e. The van der Waals surface area contributed by atoms with E-state index in [1.54, 1.807) is 18.2 Å². The van der Waals surface area contributed by atoms with Crippen molar-refractivity contribution < 1.29 is 14.7 Å². The lowest BCUT2D eigenvalue weighted by molar-refractivity contribution is -0.136. The summed E-state index contributed by atoms with van der Waals surface area (Å²) in [7, 11) is 0. The predicted molar refractivity (Wildman–Crippen MR) is 78.8 cm³/mol. The van der Waals surface area contributed by atoms with E-state index in [2.05, 4.69) is 11.9 Å². The zero-order valence-corrected chi connectivity index (χ0v) is 11.6. The summed E-state index contributed by atoms with van der Waals surface area (Å²) in [5.41, 5.74) is 0.678. The van der Waals surface area contributed by atoms with Crippen LogP contribution in [0.25, 0.3) is 0 Å². The first-order valence-corrected chi connectivity index (χ1v) is 6.50. The Kier molecular flexibility index (Phi) is 6.29. The van der Waals surface area contributed by atoms with Crippen LogP contribution in [0.3, 0.4) is 0 Å². The average Bonchev–Trinajstić information content (AvgIpc) is 2.40. The SMILES string of the molecule is C=CCC(C)NC(=O)N(CCC(=O)O)c1ccccc1. The average molecular weight is 276 g/mol. The number of carboxylic acids is 1. The molecule has 1 aromatic carbocycles. The van der Waals surface area contributed by atoms with Crippen molar-refractivity contribution in [2.75, 3.05) is 11.4 Å². The fraction of sp³-hybridized carbons (Fsp3) is 0.333. The molecular formula is C15H20N2O3. The molecular weight excluding hydrogens is 256 g/mol. The Morgan fingerprint density at radius 1 is 1.40 bits per heavy atom. The highest BCUT2D eigenvalue weighted by molar-refractivity contribution is 5.92. The van der Waals surface area contributed by atoms with Gasteiger partial charge in [-0.2, -0.15) is 0 Å². The van der Waals surface area contributed by atoms with Gasteiger partial charge in [0.05, 0.1) is 6.42 Å². The Bertz CT molecular complexity index is 459. The van der Waals surface area contributed by atoms with Gasteiger partial charge in [0.1, 0.15) is 0 Å². The third kappa shape index (κ3) is 5.14. The van der Waals surface area contributed by atoms with Gasteiger partial charge in [-0.15, -0.1) is 6.58 Å². The van der Waals surface area contributed by atoms with E-state index in [4.69, 9.17) is 5.11 Å². The molecule has 0 heterocycles. The number of nitrogens with zero attached hydrogens (tertiary/aromatic N) is 1. The molecule has 0 aliphatic rings. The first kappa shape index (κ1) is 15.8. The molecule has 20 heavy (non-hydrogen) atoms. The molecule has 0 saturated heterocycles. The summed E-state index contributed by atoms with van der Waals surface area (Å²) in [4.78, 5) is 24.4. The summed E-state index contributed by atoms with van der Waals surface area (Å²) in [6.45, 7) is 5.63. The molecule has 1 atom stereocenters. The van der Waals surface area contributed by atoms with E-state index in [1.807, 2.05) is 25.1 Å². The lowest BCUT2D eigenvalue weighted by Crippen LogP contribution is -2.44. The highest BCUT2D eigenvalue weighted by Gasteiger charge is 2.17. The number of amides is 2. The van der Waals surface area contributed by atoms with Gasteiger partial charge >= 0.3 is 12.0 Å². The number of carbonyl (C=O) groups is 2. The van der Waals surface area contributed by atoms with Gasteiger partial charge < -0.3 is 10.4 Å². The second-order valence-corrected chi connectivity index (χ2v) is 4.51. The van der Waals surface area contributed by atoms with Crippen LogP contribution in [0.15, 0.2) is 43.0 Å². The van der Waals surface area contributed by atoms with E-state index in [-0.39, 0.29) is 25.0 Å². The molecule has 1 unspecified atom stereocenters. The molecule has 108 valence electrons. The van der Waals surface area contributed by atoms with Crippen molar-refractivity contribution >= 4 is 17.7 Å². The van der Waals surface area contributed by atoms with E-state index >= 15 is 0 Å². The van der Waals surface area contributed by atoms with Crippen LogP contribution in [0.1, 0.15) is 19.8 Å². The molecule has 1 rings (SSSR count). The maximum Gasteiger partial charge on any atom is 0.322 e. The Hall–Kier alpha value is -2.30. The van der Waals surface area contributed by atoms with Crippen LogP contribution in [-0.2, 0) is 4.79 Å². The van der Waals surface area contributed by atoms with Crippen molar-refractivity contribution in [1.29, 1.82) is 0 Å². The minimum Gasteiger partial charge on any atom is -0.481 e. The molecule has 5 heteroatoms. The van der Waals surface area contributed by atoms with Crippen LogP contribution in [0, 0.1) is 0 Å². The van der Waals surface area contributed by atoms with Gasteiger partial charge in [-0.1, -0.05) is 24.3 Å². The lowest BCUT2D eigenvalue weighted by Gasteiger charge is -2.24. The Labute approximate surface area is 118 Å². The Morgan fingerprint density at radius 2 is 2.05 bits per heavy atom. The fourth-order valence-corrected chi connectivity index (χ4v) is 1.76. The van der Waals surface area contributed by atoms with Crippen molar-refractivity contribution in [2.24, 2.45) is 0 Å². The molecule has 1 aromatic rings. The quantitative estimate of drug-likeness (QED) is 0.752. The van der Waals surface area contributed by atoms with E-state index < -0.39 is 5.97 Å². The molecule has 0 fully saturated rings. The van der Waals surface area contributed by atoms with Gasteiger partial charge in [0, 0.05) is 18.3 Å². The van der Waals surface area contributed by atoms with Crippen LogP contribution < -0.4 is 10.2 Å². The van der Waals surface area contributed by atoms with Crippen molar-refractivity contribution in [3.05, 3.63) is 43.0 Å². The highest BCUT2D eigenvalue weighted by Crippen LogP contribution is 2.14. The number of aliphatic carboxylic acids is 1. The standard InChI is InChI=1S/C15H20N2O3/c1-3-7-12(2)16-15(20)17(11-10-14(18)19)13-8-5-4-6-9-13/h3-6,8-9,12H,1,7,10-11H2,2H3,(H,16,20)(H,18,19). The summed E-state index contributed by atoms with van der Waals surface area (Å²) >= 11 is 0. The van der Waals surface area contributed by atoms with Crippen LogP contribution >= 0.6 is 0 Å². The van der Waals surface area contributed by atoms with E-state index in [9.17, 15) is 9.59 Å². The molecule has 0 aliphatic carbocycles. The maximum atomic E-state index is 12.2. The third-order valence-corrected chi connectivity index (χ3v) is 2.75.